The van der Waals surface area contributed by atoms with E-state index in [1.807, 2.05) is 18.2 Å². The van der Waals surface area contributed by atoms with Crippen LogP contribution in [-0.4, -0.2) is 39.9 Å². The monoisotopic (exact) mass is 380 g/mol. The first-order valence-electron chi connectivity index (χ1n) is 9.72. The molecule has 28 heavy (non-hydrogen) atoms. The van der Waals surface area contributed by atoms with Crippen LogP contribution in [0.4, 0.5) is 4.39 Å². The highest BCUT2D eigenvalue weighted by molar-refractivity contribution is 5.29. The van der Waals surface area contributed by atoms with E-state index in [0.717, 1.165) is 50.5 Å². The molecule has 5 nitrogen and oxygen atoms in total. The van der Waals surface area contributed by atoms with E-state index < -0.39 is 0 Å². The Balaban J connectivity index is 1.39. The molecule has 0 fully saturated rings. The van der Waals surface area contributed by atoms with Crippen LogP contribution in [0.5, 0.6) is 5.75 Å². The van der Waals surface area contributed by atoms with Gasteiger partial charge in [-0.1, -0.05) is 36.4 Å². The standard InChI is InChI=1S/C22H25FN4O/c1-28-19-9-8-18(20(23)15-19)16-26-12-11-22-25-24-21(27(22)14-13-26)10-7-17-5-3-2-4-6-17/h2-6,8-9,15H,7,10-14,16H2,1H3. The molecule has 2 heterocycles. The van der Waals surface area contributed by atoms with Crippen molar-refractivity contribution in [3.8, 4) is 5.75 Å². The van der Waals surface area contributed by atoms with Gasteiger partial charge in [0.1, 0.15) is 23.2 Å². The zero-order valence-electron chi connectivity index (χ0n) is 16.1. The van der Waals surface area contributed by atoms with Crippen molar-refractivity contribution in [1.29, 1.82) is 0 Å². The van der Waals surface area contributed by atoms with Gasteiger partial charge in [0.2, 0.25) is 0 Å². The van der Waals surface area contributed by atoms with E-state index in [4.69, 9.17) is 4.74 Å². The van der Waals surface area contributed by atoms with Crippen LogP contribution in [-0.2, 0) is 32.4 Å². The molecular formula is C22H25FN4O. The summed E-state index contributed by atoms with van der Waals surface area (Å²) in [6.07, 6.45) is 2.67. The van der Waals surface area contributed by atoms with Crippen molar-refractivity contribution in [2.75, 3.05) is 20.2 Å². The van der Waals surface area contributed by atoms with E-state index >= 15 is 0 Å². The van der Waals surface area contributed by atoms with Crippen LogP contribution in [0.25, 0.3) is 0 Å². The van der Waals surface area contributed by atoms with E-state index in [9.17, 15) is 4.39 Å². The van der Waals surface area contributed by atoms with Crippen molar-refractivity contribution in [1.82, 2.24) is 19.7 Å². The zero-order valence-corrected chi connectivity index (χ0v) is 16.1. The molecule has 0 atom stereocenters. The van der Waals surface area contributed by atoms with Gasteiger partial charge in [0.25, 0.3) is 0 Å². The largest absolute Gasteiger partial charge is 0.497 e. The van der Waals surface area contributed by atoms with E-state index in [0.29, 0.717) is 17.9 Å². The molecule has 3 aromatic rings. The van der Waals surface area contributed by atoms with E-state index in [-0.39, 0.29) is 5.82 Å². The highest BCUT2D eigenvalue weighted by atomic mass is 19.1. The lowest BCUT2D eigenvalue weighted by Crippen LogP contribution is -2.27. The zero-order chi connectivity index (χ0) is 19.3. The fourth-order valence-electron chi connectivity index (χ4n) is 3.69. The maximum Gasteiger partial charge on any atom is 0.134 e. The van der Waals surface area contributed by atoms with Crippen LogP contribution >= 0.6 is 0 Å². The minimum Gasteiger partial charge on any atom is -0.497 e. The second kappa shape index (κ2) is 8.52. The van der Waals surface area contributed by atoms with Crippen LogP contribution < -0.4 is 4.74 Å². The van der Waals surface area contributed by atoms with Gasteiger partial charge in [-0.15, -0.1) is 10.2 Å². The number of ether oxygens (including phenoxy) is 1. The summed E-state index contributed by atoms with van der Waals surface area (Å²) in [5.74, 6) is 2.40. The Kier molecular flexibility index (Phi) is 5.67. The van der Waals surface area contributed by atoms with Crippen molar-refractivity contribution in [3.05, 3.63) is 77.1 Å². The highest BCUT2D eigenvalue weighted by Gasteiger charge is 2.19. The van der Waals surface area contributed by atoms with Crippen molar-refractivity contribution in [3.63, 3.8) is 0 Å². The first-order valence-corrected chi connectivity index (χ1v) is 9.72. The fourth-order valence-corrected chi connectivity index (χ4v) is 3.69. The predicted molar refractivity (Wildman–Crippen MR) is 106 cm³/mol. The van der Waals surface area contributed by atoms with Crippen molar-refractivity contribution in [2.45, 2.75) is 32.4 Å². The van der Waals surface area contributed by atoms with Crippen LogP contribution in [0.2, 0.25) is 0 Å². The van der Waals surface area contributed by atoms with Crippen LogP contribution in [0.3, 0.4) is 0 Å². The van der Waals surface area contributed by atoms with Gasteiger partial charge in [0, 0.05) is 50.7 Å². The number of hydrogen-bond acceptors (Lipinski definition) is 4. The average molecular weight is 380 g/mol. The lowest BCUT2D eigenvalue weighted by Gasteiger charge is -2.20. The molecule has 0 unspecified atom stereocenters. The van der Waals surface area contributed by atoms with Gasteiger partial charge >= 0.3 is 0 Å². The van der Waals surface area contributed by atoms with Gasteiger partial charge in [0.05, 0.1) is 7.11 Å². The second-order valence-corrected chi connectivity index (χ2v) is 7.15. The van der Waals surface area contributed by atoms with Gasteiger partial charge in [-0.3, -0.25) is 4.90 Å². The van der Waals surface area contributed by atoms with Crippen LogP contribution in [0.15, 0.2) is 48.5 Å². The minimum absolute atomic E-state index is 0.216. The first-order chi connectivity index (χ1) is 13.7. The average Bonchev–Trinajstić information content (AvgIpc) is 3.01. The van der Waals surface area contributed by atoms with Crippen LogP contribution in [0, 0.1) is 5.82 Å². The molecule has 1 aliphatic rings. The number of methoxy groups -OCH3 is 1. The Bertz CT molecular complexity index is 926. The Morgan fingerprint density at radius 2 is 1.86 bits per heavy atom. The normalized spacial score (nSPS) is 14.5. The third-order valence-electron chi connectivity index (χ3n) is 5.33. The maximum absolute atomic E-state index is 14.3. The lowest BCUT2D eigenvalue weighted by molar-refractivity contribution is 0.266. The number of halogens is 1. The summed E-state index contributed by atoms with van der Waals surface area (Å²) in [6.45, 7) is 3.13. The minimum atomic E-state index is -0.216. The molecule has 1 aliphatic heterocycles. The van der Waals surface area contributed by atoms with Crippen molar-refractivity contribution >= 4 is 0 Å². The van der Waals surface area contributed by atoms with Gasteiger partial charge in [-0.2, -0.15) is 0 Å². The highest BCUT2D eigenvalue weighted by Crippen LogP contribution is 2.19. The molecule has 4 rings (SSSR count). The number of hydrogen-bond donors (Lipinski definition) is 0. The summed E-state index contributed by atoms with van der Waals surface area (Å²) >= 11 is 0. The predicted octanol–water partition coefficient (Wildman–Crippen LogP) is 3.27. The Morgan fingerprint density at radius 3 is 2.64 bits per heavy atom. The molecule has 0 spiro atoms. The van der Waals surface area contributed by atoms with Gasteiger partial charge in [0.15, 0.2) is 0 Å². The molecule has 0 N–H and O–H groups in total. The quantitative estimate of drug-likeness (QED) is 0.658. The molecular weight excluding hydrogens is 355 g/mol. The van der Waals surface area contributed by atoms with E-state index in [1.54, 1.807) is 7.11 Å². The van der Waals surface area contributed by atoms with E-state index in [2.05, 4.69) is 43.9 Å². The van der Waals surface area contributed by atoms with Gasteiger partial charge < -0.3 is 9.30 Å². The summed E-state index contributed by atoms with van der Waals surface area (Å²) in [7, 11) is 1.55. The molecule has 0 radical (unpaired) electrons. The molecule has 0 bridgehead atoms. The molecule has 0 amide bonds. The number of fused-ring (bicyclic) bond motifs is 1. The topological polar surface area (TPSA) is 43.2 Å². The summed E-state index contributed by atoms with van der Waals surface area (Å²) in [4.78, 5) is 2.28. The summed E-state index contributed by atoms with van der Waals surface area (Å²) < 4.78 is 21.6. The van der Waals surface area contributed by atoms with Crippen LogP contribution in [0.1, 0.15) is 22.8 Å². The first kappa shape index (κ1) is 18.6. The Morgan fingerprint density at radius 1 is 1.00 bits per heavy atom. The number of aryl methyl sites for hydroxylation is 2. The fraction of sp³-hybridized carbons (Fsp3) is 0.364. The SMILES string of the molecule is COc1ccc(CN2CCc3nnc(CCc4ccccc4)n3CC2)c(F)c1. The smallest absolute Gasteiger partial charge is 0.134 e. The molecule has 146 valence electrons. The molecule has 0 aliphatic carbocycles. The van der Waals surface area contributed by atoms with Crippen molar-refractivity contribution < 1.29 is 9.13 Å². The number of benzene rings is 2. The third-order valence-corrected chi connectivity index (χ3v) is 5.33. The number of aromatic nitrogens is 3. The van der Waals surface area contributed by atoms with Crippen molar-refractivity contribution in [2.24, 2.45) is 0 Å². The number of nitrogens with zero attached hydrogens (tertiary/aromatic N) is 4. The summed E-state index contributed by atoms with van der Waals surface area (Å²) in [5, 5.41) is 8.82. The molecule has 2 aromatic carbocycles. The number of rotatable bonds is 6. The molecule has 0 saturated heterocycles. The third kappa shape index (κ3) is 4.22. The lowest BCUT2D eigenvalue weighted by atomic mass is 10.1. The second-order valence-electron chi connectivity index (χ2n) is 7.15. The molecule has 6 heteroatoms. The summed E-state index contributed by atoms with van der Waals surface area (Å²) in [6, 6.07) is 15.5. The maximum atomic E-state index is 14.3. The Hall–Kier alpha value is -2.73. The molecule has 1 aromatic heterocycles. The molecule has 0 saturated carbocycles. The van der Waals surface area contributed by atoms with E-state index in [1.165, 1.54) is 11.6 Å². The summed E-state index contributed by atoms with van der Waals surface area (Å²) in [5.41, 5.74) is 2.01. The Labute approximate surface area is 164 Å². The van der Waals surface area contributed by atoms with Gasteiger partial charge in [-0.25, -0.2) is 4.39 Å². The van der Waals surface area contributed by atoms with Gasteiger partial charge in [-0.05, 0) is 18.1 Å².